The van der Waals surface area contributed by atoms with Gasteiger partial charge in [-0.25, -0.2) is 14.4 Å². The highest BCUT2D eigenvalue weighted by atomic mass is 19.1. The lowest BCUT2D eigenvalue weighted by atomic mass is 10.2. The highest BCUT2D eigenvalue weighted by molar-refractivity contribution is 5.95. The fraction of sp³-hybridized carbons (Fsp3) is 0.133. The zero-order valence-corrected chi connectivity index (χ0v) is 13.6. The first-order chi connectivity index (χ1) is 13.0. The van der Waals surface area contributed by atoms with Gasteiger partial charge in [-0.15, -0.1) is 0 Å². The molecule has 12 heteroatoms. The first-order valence-electron chi connectivity index (χ1n) is 7.28. The number of hydrazine groups is 1. The summed E-state index contributed by atoms with van der Waals surface area (Å²) in [5.41, 5.74) is 3.42. The number of benzene rings is 1. The van der Waals surface area contributed by atoms with E-state index < -0.39 is 28.2 Å². The summed E-state index contributed by atoms with van der Waals surface area (Å²) in [6.07, 6.45) is 0.960. The summed E-state index contributed by atoms with van der Waals surface area (Å²) in [6.45, 7) is -0.654. The molecule has 2 aromatic rings. The van der Waals surface area contributed by atoms with Crippen LogP contribution < -0.4 is 15.8 Å². The first-order valence-corrected chi connectivity index (χ1v) is 7.28. The van der Waals surface area contributed by atoms with Gasteiger partial charge in [0, 0.05) is 0 Å². The van der Waals surface area contributed by atoms with Crippen molar-refractivity contribution in [3.05, 3.63) is 52.1 Å². The molecule has 0 unspecified atom stereocenters. The lowest BCUT2D eigenvalue weighted by molar-refractivity contribution is -0.383. The molecule has 1 amide bonds. The minimum Gasteiger partial charge on any atom is -0.324 e. The van der Waals surface area contributed by atoms with Crippen molar-refractivity contribution in [1.29, 1.82) is 10.5 Å². The van der Waals surface area contributed by atoms with Crippen molar-refractivity contribution in [2.45, 2.75) is 0 Å². The maximum Gasteiger partial charge on any atom is 0.355 e. The molecule has 0 radical (unpaired) electrons. The maximum absolute atomic E-state index is 13.6. The molecule has 2 N–H and O–H groups in total. The summed E-state index contributed by atoms with van der Waals surface area (Å²) in [4.78, 5) is 31.2. The molecule has 0 bridgehead atoms. The van der Waals surface area contributed by atoms with Crippen LogP contribution in [0.1, 0.15) is 10.4 Å². The Morgan fingerprint density at radius 1 is 1.26 bits per heavy atom. The van der Waals surface area contributed by atoms with Crippen LogP contribution in [0.2, 0.25) is 0 Å². The Labute approximate surface area is 151 Å². The van der Waals surface area contributed by atoms with Crippen molar-refractivity contribution in [3.63, 3.8) is 0 Å². The standard InChI is InChI=1S/C15H11FN8O3/c16-11-4-2-1-3-10(11)15(25)22-21-13-12(24(26)27)14(20-9-19-13)23(7-5-17)8-6-18/h1-4,9H,7-8H2,(H,22,25)(H,19,20,21). The van der Waals surface area contributed by atoms with E-state index >= 15 is 0 Å². The van der Waals surface area contributed by atoms with Crippen molar-refractivity contribution >= 4 is 23.2 Å². The average molecular weight is 370 g/mol. The van der Waals surface area contributed by atoms with Crippen molar-refractivity contribution < 1.29 is 14.1 Å². The molecular formula is C15H11FN8O3. The molecule has 0 aliphatic carbocycles. The smallest absolute Gasteiger partial charge is 0.324 e. The van der Waals surface area contributed by atoms with E-state index in [-0.39, 0.29) is 24.5 Å². The third-order valence-electron chi connectivity index (χ3n) is 3.22. The Morgan fingerprint density at radius 3 is 2.52 bits per heavy atom. The van der Waals surface area contributed by atoms with Crippen molar-refractivity contribution in [2.75, 3.05) is 23.4 Å². The number of nitrogens with one attached hydrogen (secondary N) is 2. The van der Waals surface area contributed by atoms with Gasteiger partial charge >= 0.3 is 5.69 Å². The van der Waals surface area contributed by atoms with Crippen molar-refractivity contribution in [3.8, 4) is 12.1 Å². The zero-order chi connectivity index (χ0) is 19.8. The number of anilines is 2. The molecule has 0 saturated heterocycles. The number of halogens is 1. The predicted molar refractivity (Wildman–Crippen MR) is 89.6 cm³/mol. The molecule has 2 rings (SSSR count). The second kappa shape index (κ2) is 8.68. The molecule has 0 saturated carbocycles. The summed E-state index contributed by atoms with van der Waals surface area (Å²) < 4.78 is 13.6. The molecule has 0 fully saturated rings. The number of nitro groups is 1. The van der Waals surface area contributed by atoms with E-state index in [1.807, 2.05) is 0 Å². The van der Waals surface area contributed by atoms with E-state index in [0.717, 1.165) is 17.3 Å². The molecule has 0 aliphatic rings. The van der Waals surface area contributed by atoms with Gasteiger partial charge in [0.15, 0.2) is 0 Å². The largest absolute Gasteiger partial charge is 0.355 e. The maximum atomic E-state index is 13.6. The van der Waals surface area contributed by atoms with Crippen LogP contribution in [0, 0.1) is 38.6 Å². The van der Waals surface area contributed by atoms with Crippen LogP contribution in [-0.4, -0.2) is 33.9 Å². The fourth-order valence-electron chi connectivity index (χ4n) is 2.07. The molecule has 136 valence electrons. The Bertz CT molecular complexity index is 937. The van der Waals surface area contributed by atoms with Gasteiger partial charge in [-0.3, -0.25) is 25.8 Å². The number of aromatic nitrogens is 2. The van der Waals surface area contributed by atoms with Gasteiger partial charge in [0.05, 0.1) is 22.6 Å². The Kier molecular flexibility index (Phi) is 6.11. The lowest BCUT2D eigenvalue weighted by Gasteiger charge is -2.17. The number of hydrogen-bond acceptors (Lipinski definition) is 9. The second-order valence-electron chi connectivity index (χ2n) is 4.88. The van der Waals surface area contributed by atoms with Gasteiger partial charge in [0.2, 0.25) is 11.6 Å². The highest BCUT2D eigenvalue weighted by Gasteiger charge is 2.27. The van der Waals surface area contributed by atoms with Crippen LogP contribution in [-0.2, 0) is 0 Å². The molecule has 0 atom stereocenters. The van der Waals surface area contributed by atoms with Gasteiger partial charge in [0.1, 0.15) is 25.2 Å². The summed E-state index contributed by atoms with van der Waals surface area (Å²) in [6, 6.07) is 8.72. The van der Waals surface area contributed by atoms with Gasteiger partial charge in [-0.05, 0) is 12.1 Å². The highest BCUT2D eigenvalue weighted by Crippen LogP contribution is 2.31. The van der Waals surface area contributed by atoms with Gasteiger partial charge in [-0.2, -0.15) is 10.5 Å². The Balaban J connectivity index is 2.32. The van der Waals surface area contributed by atoms with Crippen molar-refractivity contribution in [1.82, 2.24) is 15.4 Å². The predicted octanol–water partition coefficient (Wildman–Crippen LogP) is 1.13. The van der Waals surface area contributed by atoms with E-state index in [1.165, 1.54) is 18.2 Å². The van der Waals surface area contributed by atoms with Crippen LogP contribution in [0.25, 0.3) is 0 Å². The van der Waals surface area contributed by atoms with E-state index in [1.54, 1.807) is 12.1 Å². The number of hydrogen-bond donors (Lipinski definition) is 2. The van der Waals surface area contributed by atoms with E-state index in [9.17, 15) is 19.3 Å². The van der Waals surface area contributed by atoms with Crippen LogP contribution in [0.15, 0.2) is 30.6 Å². The quantitative estimate of drug-likeness (QED) is 0.413. The van der Waals surface area contributed by atoms with E-state index in [0.29, 0.717) is 0 Å². The molecular weight excluding hydrogens is 359 g/mol. The molecule has 11 nitrogen and oxygen atoms in total. The number of rotatable bonds is 7. The van der Waals surface area contributed by atoms with Crippen LogP contribution in [0.5, 0.6) is 0 Å². The minimum absolute atomic E-state index is 0.277. The average Bonchev–Trinajstić information content (AvgIpc) is 2.65. The number of carbonyl (C=O) groups is 1. The first kappa shape index (κ1) is 19.0. The topological polar surface area (TPSA) is 161 Å². The summed E-state index contributed by atoms with van der Waals surface area (Å²) >= 11 is 0. The van der Waals surface area contributed by atoms with E-state index in [4.69, 9.17) is 10.5 Å². The Morgan fingerprint density at radius 2 is 1.93 bits per heavy atom. The molecule has 27 heavy (non-hydrogen) atoms. The van der Waals surface area contributed by atoms with Gasteiger partial charge in [-0.1, -0.05) is 12.1 Å². The summed E-state index contributed by atoms with van der Waals surface area (Å²) in [5, 5.41) is 29.1. The monoisotopic (exact) mass is 370 g/mol. The molecule has 1 heterocycles. The zero-order valence-electron chi connectivity index (χ0n) is 13.6. The Hall–Kier alpha value is -4.32. The van der Waals surface area contributed by atoms with Crippen molar-refractivity contribution in [2.24, 2.45) is 0 Å². The normalized spacial score (nSPS) is 9.59. The molecule has 0 spiro atoms. The molecule has 0 aliphatic heterocycles. The third-order valence-corrected chi connectivity index (χ3v) is 3.22. The number of nitrogens with zero attached hydrogens (tertiary/aromatic N) is 6. The lowest BCUT2D eigenvalue weighted by Crippen LogP contribution is -2.32. The van der Waals surface area contributed by atoms with Crippen LogP contribution in [0.3, 0.4) is 0 Å². The van der Waals surface area contributed by atoms with Crippen LogP contribution >= 0.6 is 0 Å². The minimum atomic E-state index is -0.881. The fourth-order valence-corrected chi connectivity index (χ4v) is 2.07. The number of amides is 1. The van der Waals surface area contributed by atoms with E-state index in [2.05, 4.69) is 20.8 Å². The van der Waals surface area contributed by atoms with Gasteiger partial charge in [0.25, 0.3) is 5.91 Å². The summed E-state index contributed by atoms with van der Waals surface area (Å²) in [5.74, 6) is -2.33. The second-order valence-corrected chi connectivity index (χ2v) is 4.88. The SMILES string of the molecule is N#CCN(CC#N)c1ncnc(NNC(=O)c2ccccc2F)c1[N+](=O)[O-]. The van der Waals surface area contributed by atoms with Gasteiger partial charge < -0.3 is 4.90 Å². The summed E-state index contributed by atoms with van der Waals surface area (Å²) in [7, 11) is 0. The number of carbonyl (C=O) groups excluding carboxylic acids is 1. The number of nitriles is 2. The third kappa shape index (κ3) is 4.40. The van der Waals surface area contributed by atoms with Crippen LogP contribution in [0.4, 0.5) is 21.7 Å². The molecule has 1 aromatic heterocycles. The molecule has 1 aromatic carbocycles.